The van der Waals surface area contributed by atoms with E-state index in [0.717, 1.165) is 21.5 Å². The Kier molecular flexibility index (Phi) is 2.90. The summed E-state index contributed by atoms with van der Waals surface area (Å²) in [5.74, 6) is -1.13. The molecule has 1 aliphatic rings. The molecule has 104 valence electrons. The summed E-state index contributed by atoms with van der Waals surface area (Å²) in [4.78, 5) is 25.4. The number of para-hydroxylation sites is 1. The number of rotatable bonds is 3. The third kappa shape index (κ3) is 1.67. The Bertz CT molecular complexity index is 681. The van der Waals surface area contributed by atoms with E-state index in [2.05, 4.69) is 10.3 Å². The molecule has 2 aromatic rings. The summed E-state index contributed by atoms with van der Waals surface area (Å²) in [7, 11) is 0. The van der Waals surface area contributed by atoms with Gasteiger partial charge in [-0.2, -0.15) is 0 Å². The summed E-state index contributed by atoms with van der Waals surface area (Å²) < 4.78 is 0. The number of benzene rings is 1. The van der Waals surface area contributed by atoms with Crippen molar-refractivity contribution in [2.75, 3.05) is 6.61 Å². The van der Waals surface area contributed by atoms with Crippen molar-refractivity contribution in [3.05, 3.63) is 40.4 Å². The first-order valence-electron chi connectivity index (χ1n) is 6.22. The van der Waals surface area contributed by atoms with Gasteiger partial charge in [0.2, 0.25) is 0 Å². The van der Waals surface area contributed by atoms with Crippen LogP contribution in [-0.4, -0.2) is 38.8 Å². The molecule has 1 aliphatic heterocycles. The predicted octanol–water partition coefficient (Wildman–Crippen LogP) is 1.19. The third-order valence-corrected chi connectivity index (χ3v) is 3.77. The lowest BCUT2D eigenvalue weighted by atomic mass is 9.93. The fourth-order valence-electron chi connectivity index (χ4n) is 2.85. The number of hydrogen-bond acceptors (Lipinski definition) is 4. The van der Waals surface area contributed by atoms with Crippen molar-refractivity contribution in [2.45, 2.75) is 18.5 Å². The zero-order valence-corrected chi connectivity index (χ0v) is 10.5. The second kappa shape index (κ2) is 4.61. The van der Waals surface area contributed by atoms with Crippen molar-refractivity contribution in [3.63, 3.8) is 0 Å². The Balaban J connectivity index is 2.21. The van der Waals surface area contributed by atoms with Crippen molar-refractivity contribution in [1.29, 1.82) is 0 Å². The van der Waals surface area contributed by atoms with Gasteiger partial charge in [0.15, 0.2) is 6.04 Å². The zero-order chi connectivity index (χ0) is 14.3. The molecule has 0 bridgehead atoms. The van der Waals surface area contributed by atoms with Gasteiger partial charge >= 0.3 is 5.97 Å². The molecular weight excluding hydrogens is 262 g/mol. The van der Waals surface area contributed by atoms with Gasteiger partial charge in [0, 0.05) is 23.0 Å². The quantitative estimate of drug-likeness (QED) is 0.730. The van der Waals surface area contributed by atoms with Crippen LogP contribution in [0.25, 0.3) is 10.9 Å². The van der Waals surface area contributed by atoms with Crippen LogP contribution in [0.4, 0.5) is 0 Å². The smallest absolute Gasteiger partial charge is 0.328 e. The third-order valence-electron chi connectivity index (χ3n) is 3.77. The lowest BCUT2D eigenvalue weighted by Gasteiger charge is -2.34. The van der Waals surface area contributed by atoms with Crippen LogP contribution in [0, 0.1) is 4.91 Å². The first-order valence-corrected chi connectivity index (χ1v) is 6.22. The molecule has 0 saturated heterocycles. The Morgan fingerprint density at radius 1 is 1.45 bits per heavy atom. The number of carbonyl (C=O) groups is 1. The molecule has 0 aliphatic carbocycles. The number of fused-ring (bicyclic) bond motifs is 3. The molecule has 2 heterocycles. The first-order chi connectivity index (χ1) is 9.67. The zero-order valence-electron chi connectivity index (χ0n) is 10.5. The topological polar surface area (TPSA) is 106 Å². The molecule has 0 radical (unpaired) electrons. The highest BCUT2D eigenvalue weighted by molar-refractivity contribution is 5.86. The van der Waals surface area contributed by atoms with E-state index in [-0.39, 0.29) is 13.0 Å². The van der Waals surface area contributed by atoms with Gasteiger partial charge in [0.05, 0.1) is 11.9 Å². The monoisotopic (exact) mass is 275 g/mol. The molecule has 1 aromatic carbocycles. The van der Waals surface area contributed by atoms with Crippen LogP contribution in [0.15, 0.2) is 29.6 Å². The highest BCUT2D eigenvalue weighted by Gasteiger charge is 2.40. The number of aromatic amines is 1. The van der Waals surface area contributed by atoms with Gasteiger partial charge in [0.1, 0.15) is 6.04 Å². The lowest BCUT2D eigenvalue weighted by molar-refractivity contribution is -0.145. The normalized spacial score (nSPS) is 21.8. The Hall–Kier alpha value is -2.41. The van der Waals surface area contributed by atoms with Crippen LogP contribution in [0.1, 0.15) is 17.3 Å². The minimum absolute atomic E-state index is 0.177. The number of aliphatic hydroxyl groups excluding tert-OH is 1. The van der Waals surface area contributed by atoms with Gasteiger partial charge in [-0.3, -0.25) is 0 Å². The number of nitroso groups, excluding NO2 is 1. The molecule has 2 atom stereocenters. The minimum Gasteiger partial charge on any atom is -0.480 e. The van der Waals surface area contributed by atoms with E-state index in [4.69, 9.17) is 0 Å². The van der Waals surface area contributed by atoms with Crippen molar-refractivity contribution in [3.8, 4) is 0 Å². The second-order valence-electron chi connectivity index (χ2n) is 4.78. The summed E-state index contributed by atoms with van der Waals surface area (Å²) in [6.45, 7) is -0.380. The summed E-state index contributed by atoms with van der Waals surface area (Å²) >= 11 is 0. The molecule has 0 amide bonds. The van der Waals surface area contributed by atoms with Crippen molar-refractivity contribution >= 4 is 16.9 Å². The highest BCUT2D eigenvalue weighted by atomic mass is 16.4. The lowest BCUT2D eigenvalue weighted by Crippen LogP contribution is -2.46. The van der Waals surface area contributed by atoms with Crippen LogP contribution in [0.3, 0.4) is 0 Å². The summed E-state index contributed by atoms with van der Waals surface area (Å²) in [5, 5.41) is 23.4. The molecule has 3 rings (SSSR count). The van der Waals surface area contributed by atoms with E-state index in [1.54, 1.807) is 0 Å². The molecule has 0 spiro atoms. The van der Waals surface area contributed by atoms with E-state index >= 15 is 0 Å². The van der Waals surface area contributed by atoms with Gasteiger partial charge in [-0.1, -0.05) is 18.2 Å². The van der Waals surface area contributed by atoms with Gasteiger partial charge in [-0.15, -0.1) is 4.91 Å². The number of aliphatic hydroxyl groups is 1. The number of carboxylic acids is 1. The fraction of sp³-hybridized carbons (Fsp3) is 0.308. The minimum atomic E-state index is -1.13. The van der Waals surface area contributed by atoms with E-state index in [0.29, 0.717) is 5.69 Å². The van der Waals surface area contributed by atoms with Crippen molar-refractivity contribution in [1.82, 2.24) is 9.99 Å². The fourth-order valence-corrected chi connectivity index (χ4v) is 2.85. The number of nitrogens with zero attached hydrogens (tertiary/aromatic N) is 2. The average molecular weight is 275 g/mol. The second-order valence-corrected chi connectivity index (χ2v) is 4.78. The molecule has 0 fully saturated rings. The number of H-pyrrole nitrogens is 1. The van der Waals surface area contributed by atoms with Crippen molar-refractivity contribution < 1.29 is 15.0 Å². The molecule has 20 heavy (non-hydrogen) atoms. The number of aromatic nitrogens is 1. The van der Waals surface area contributed by atoms with Gasteiger partial charge in [-0.25, -0.2) is 9.80 Å². The maximum Gasteiger partial charge on any atom is 0.328 e. The molecule has 7 nitrogen and oxygen atoms in total. The summed E-state index contributed by atoms with van der Waals surface area (Å²) in [5.41, 5.74) is 2.34. The number of aliphatic carboxylic acids is 1. The van der Waals surface area contributed by atoms with E-state index in [1.807, 2.05) is 24.3 Å². The maximum atomic E-state index is 11.3. The standard InChI is InChI=1S/C13H13N3O4/c17-6-11-12-8(5-10(13(18)19)16(11)15-20)7-3-1-2-4-9(7)14-12/h1-4,10-11,14,17H,5-6H2,(H,18,19). The Morgan fingerprint density at radius 2 is 2.20 bits per heavy atom. The molecule has 7 heteroatoms. The Morgan fingerprint density at radius 3 is 2.85 bits per heavy atom. The molecule has 2 unspecified atom stereocenters. The summed E-state index contributed by atoms with van der Waals surface area (Å²) in [6.07, 6.45) is 0.177. The Labute approximate surface area is 113 Å². The largest absolute Gasteiger partial charge is 0.480 e. The van der Waals surface area contributed by atoms with Gasteiger partial charge < -0.3 is 15.2 Å². The van der Waals surface area contributed by atoms with Gasteiger partial charge in [0.25, 0.3) is 0 Å². The molecule has 3 N–H and O–H groups in total. The van der Waals surface area contributed by atoms with Crippen LogP contribution >= 0.6 is 0 Å². The molecule has 1 aromatic heterocycles. The van der Waals surface area contributed by atoms with Crippen molar-refractivity contribution in [2.24, 2.45) is 5.29 Å². The average Bonchev–Trinajstić information content (AvgIpc) is 2.83. The van der Waals surface area contributed by atoms with Crippen LogP contribution in [0.2, 0.25) is 0 Å². The van der Waals surface area contributed by atoms with Crippen LogP contribution < -0.4 is 0 Å². The number of hydrogen-bond donors (Lipinski definition) is 3. The highest BCUT2D eigenvalue weighted by Crippen LogP contribution is 2.37. The van der Waals surface area contributed by atoms with Gasteiger partial charge in [-0.05, 0) is 11.6 Å². The van der Waals surface area contributed by atoms with Crippen LogP contribution in [0.5, 0.6) is 0 Å². The molecular formula is C13H13N3O4. The maximum absolute atomic E-state index is 11.3. The predicted molar refractivity (Wildman–Crippen MR) is 70.9 cm³/mol. The SMILES string of the molecule is O=NN1C(C(=O)O)Cc2c([nH]c3ccccc23)C1CO. The first kappa shape index (κ1) is 12.6. The van der Waals surface area contributed by atoms with E-state index in [1.165, 1.54) is 0 Å². The van der Waals surface area contributed by atoms with E-state index < -0.39 is 18.1 Å². The number of nitrogens with one attached hydrogen (secondary N) is 1. The number of carboxylic acid groups (broad SMARTS) is 1. The van der Waals surface area contributed by atoms with E-state index in [9.17, 15) is 19.9 Å². The molecule has 0 saturated carbocycles. The summed E-state index contributed by atoms with van der Waals surface area (Å²) in [6, 6.07) is 5.67. The van der Waals surface area contributed by atoms with Crippen LogP contribution in [-0.2, 0) is 11.2 Å².